The molecule has 3 unspecified atom stereocenters. The zero-order valence-electron chi connectivity index (χ0n) is 25.0. The Balaban J connectivity index is 3.43. The van der Waals surface area contributed by atoms with Crippen LogP contribution in [0.1, 0.15) is 50.9 Å². The van der Waals surface area contributed by atoms with Crippen LogP contribution in [-0.2, 0) is 0 Å². The van der Waals surface area contributed by atoms with Gasteiger partial charge in [0.05, 0.1) is 23.1 Å². The second kappa shape index (κ2) is 16.2. The molecule has 0 aliphatic rings. The average Bonchev–Trinajstić information content (AvgIpc) is 2.92. The molecule has 0 spiro atoms. The number of hydrazine groups is 1. The fraction of sp³-hybridized carbons (Fsp3) is 0.419. The van der Waals surface area contributed by atoms with Crippen molar-refractivity contribution in [2.45, 2.75) is 60.0 Å². The number of hydrogen-bond donors (Lipinski definition) is 6. The van der Waals surface area contributed by atoms with Crippen molar-refractivity contribution in [2.24, 2.45) is 16.1 Å². The topological polar surface area (TPSA) is 111 Å². The summed E-state index contributed by atoms with van der Waals surface area (Å²) in [5.74, 6) is 0. The molecule has 0 saturated heterocycles. The van der Waals surface area contributed by atoms with Crippen molar-refractivity contribution in [3.05, 3.63) is 94.7 Å². The Morgan fingerprint density at radius 1 is 1.23 bits per heavy atom. The molecule has 8 nitrogen and oxygen atoms in total. The molecular weight excluding hydrogens is 484 g/mol. The van der Waals surface area contributed by atoms with E-state index in [1.807, 2.05) is 60.1 Å². The minimum atomic E-state index is -0.336. The van der Waals surface area contributed by atoms with E-state index in [-0.39, 0.29) is 17.5 Å². The van der Waals surface area contributed by atoms with Gasteiger partial charge in [0.25, 0.3) is 0 Å². The Morgan fingerprint density at radius 3 is 2.41 bits per heavy atom. The number of nitrogens with one attached hydrogen (secondary N) is 5. The van der Waals surface area contributed by atoms with Crippen LogP contribution in [-0.4, -0.2) is 44.4 Å². The Hall–Kier alpha value is -3.80. The van der Waals surface area contributed by atoms with Gasteiger partial charge in [0.2, 0.25) is 0 Å². The summed E-state index contributed by atoms with van der Waals surface area (Å²) in [5.41, 5.74) is 25.2. The van der Waals surface area contributed by atoms with Crippen molar-refractivity contribution in [3.8, 4) is 0 Å². The van der Waals surface area contributed by atoms with Gasteiger partial charge in [-0.2, -0.15) is 0 Å². The lowest BCUT2D eigenvalue weighted by Crippen LogP contribution is -2.42. The molecule has 0 aliphatic heterocycles. The Bertz CT molecular complexity index is 1180. The largest absolute Gasteiger partial charge is 0.389 e. The Labute approximate surface area is 235 Å². The molecule has 1 rings (SSSR count). The van der Waals surface area contributed by atoms with Gasteiger partial charge in [-0.1, -0.05) is 44.9 Å². The second-order valence-corrected chi connectivity index (χ2v) is 9.67. The predicted octanol–water partition coefficient (Wildman–Crippen LogP) is 4.12. The average molecular weight is 533 g/mol. The van der Waals surface area contributed by atoms with Crippen LogP contribution in [0.3, 0.4) is 0 Å². The smallest absolute Gasteiger partial charge is 0.122 e. The molecule has 0 bridgehead atoms. The van der Waals surface area contributed by atoms with Crippen LogP contribution >= 0.6 is 0 Å². The van der Waals surface area contributed by atoms with Crippen LogP contribution in [0.25, 0.3) is 5.70 Å². The van der Waals surface area contributed by atoms with Crippen LogP contribution in [0.5, 0.6) is 0 Å². The van der Waals surface area contributed by atoms with Gasteiger partial charge in [0, 0.05) is 48.7 Å². The highest BCUT2D eigenvalue weighted by Gasteiger charge is 2.33. The van der Waals surface area contributed by atoms with Crippen LogP contribution in [0.2, 0.25) is 0 Å². The molecule has 1 aromatic rings. The van der Waals surface area contributed by atoms with E-state index in [1.54, 1.807) is 6.20 Å². The van der Waals surface area contributed by atoms with E-state index in [0.29, 0.717) is 12.2 Å². The van der Waals surface area contributed by atoms with Gasteiger partial charge in [-0.15, -0.1) is 5.73 Å². The molecule has 0 amide bonds. The van der Waals surface area contributed by atoms with E-state index in [9.17, 15) is 0 Å². The maximum Gasteiger partial charge on any atom is 0.122 e. The van der Waals surface area contributed by atoms with Crippen molar-refractivity contribution >= 4 is 12.4 Å². The first-order valence-electron chi connectivity index (χ1n) is 13.2. The Morgan fingerprint density at radius 2 is 1.92 bits per heavy atom. The van der Waals surface area contributed by atoms with Crippen molar-refractivity contribution in [2.75, 3.05) is 20.6 Å². The third-order valence-electron chi connectivity index (χ3n) is 7.07. The number of rotatable bonds is 16. The maximum atomic E-state index is 6.45. The number of aryl methyl sites for hydroxylation is 2. The van der Waals surface area contributed by atoms with Crippen molar-refractivity contribution in [3.63, 3.8) is 0 Å². The van der Waals surface area contributed by atoms with E-state index in [4.69, 9.17) is 5.73 Å². The van der Waals surface area contributed by atoms with Crippen molar-refractivity contribution in [1.29, 1.82) is 0 Å². The number of aliphatic imine (C=N–C) groups is 1. The first kappa shape index (κ1) is 33.2. The highest BCUT2D eigenvalue weighted by molar-refractivity contribution is 5.62. The van der Waals surface area contributed by atoms with E-state index in [2.05, 4.69) is 88.0 Å². The summed E-state index contributed by atoms with van der Waals surface area (Å²) in [6, 6.07) is 2.05. The minimum Gasteiger partial charge on any atom is -0.389 e. The minimum absolute atomic E-state index is 0.0885. The molecule has 0 radical (unpaired) electrons. The highest BCUT2D eigenvalue weighted by atomic mass is 15.3. The number of aromatic nitrogens is 1. The molecule has 3 atom stereocenters. The van der Waals surface area contributed by atoms with Gasteiger partial charge >= 0.3 is 0 Å². The summed E-state index contributed by atoms with van der Waals surface area (Å²) in [7, 11) is 3.79. The maximum absolute atomic E-state index is 6.45. The number of likely N-dealkylation sites (N-methyl/N-ethyl adjacent to an activating group) is 1. The zero-order valence-corrected chi connectivity index (χ0v) is 25.0. The lowest BCUT2D eigenvalue weighted by molar-refractivity contribution is 0.299. The number of allylic oxidation sites excluding steroid dienone is 1. The van der Waals surface area contributed by atoms with Crippen LogP contribution < -0.4 is 32.5 Å². The van der Waals surface area contributed by atoms with Crippen LogP contribution in [0, 0.1) is 19.3 Å². The van der Waals surface area contributed by atoms with Gasteiger partial charge in [-0.3, -0.25) is 15.4 Å². The molecular formula is C31H48N8. The summed E-state index contributed by atoms with van der Waals surface area (Å²) in [4.78, 5) is 8.98. The third kappa shape index (κ3) is 8.88. The van der Waals surface area contributed by atoms with Gasteiger partial charge in [-0.05, 0) is 65.1 Å². The number of hydrogen-bond acceptors (Lipinski definition) is 8. The molecule has 8 heteroatoms. The van der Waals surface area contributed by atoms with Gasteiger partial charge in [0.1, 0.15) is 5.70 Å². The quantitative estimate of drug-likeness (QED) is 0.0822. The molecule has 0 aliphatic carbocycles. The highest BCUT2D eigenvalue weighted by Crippen LogP contribution is 2.36. The fourth-order valence-corrected chi connectivity index (χ4v) is 4.15. The first-order valence-corrected chi connectivity index (χ1v) is 13.2. The van der Waals surface area contributed by atoms with Crippen molar-refractivity contribution in [1.82, 2.24) is 31.8 Å². The van der Waals surface area contributed by atoms with Gasteiger partial charge in [-0.25, -0.2) is 0 Å². The van der Waals surface area contributed by atoms with Gasteiger partial charge in [0.15, 0.2) is 0 Å². The molecule has 0 aromatic carbocycles. The number of nitrogens with two attached hydrogens (primary N) is 1. The van der Waals surface area contributed by atoms with E-state index in [0.717, 1.165) is 45.9 Å². The molecule has 1 heterocycles. The molecule has 0 saturated carbocycles. The normalized spacial score (nSPS) is 15.2. The molecule has 7 N–H and O–H groups in total. The number of nitrogens with zero attached hydrogens (tertiary/aromatic N) is 2. The standard InChI is InChI=1S/C31H48N8/c1-12-26(23(6)33-9)36-17-15-25(29(34-10)30(35-11)31(8,14-3)24(7)32)16-18-38-39-27(13-2)28-22(5)19-21(4)20-37-28/h15-16,18-20,23-24,33,35-36,38-39H,1-2,10,14,17,32H2,3-9,11H3/b18-16-,25-15+,30-29+. The SMILES string of the molecule is C=C=C(NN\C=C/C(=C\CNC(=C=C)C(C)NC)C(/N=C)=C(\NC)C(C)(CC)C(C)N)c1ncc(C)cc1C. The third-order valence-corrected chi connectivity index (χ3v) is 7.07. The van der Waals surface area contributed by atoms with E-state index < -0.39 is 0 Å². The molecule has 1 aromatic heterocycles. The number of pyridine rings is 1. The predicted molar refractivity (Wildman–Crippen MR) is 167 cm³/mol. The van der Waals surface area contributed by atoms with Crippen molar-refractivity contribution < 1.29 is 0 Å². The Kier molecular flexibility index (Phi) is 13.8. The van der Waals surface area contributed by atoms with E-state index in [1.165, 1.54) is 0 Å². The summed E-state index contributed by atoms with van der Waals surface area (Å²) in [5, 5.41) is 9.95. The fourth-order valence-electron chi connectivity index (χ4n) is 4.15. The molecule has 0 fully saturated rings. The second-order valence-electron chi connectivity index (χ2n) is 9.67. The monoisotopic (exact) mass is 532 g/mol. The zero-order chi connectivity index (χ0) is 29.6. The molecule has 39 heavy (non-hydrogen) atoms. The van der Waals surface area contributed by atoms with Gasteiger partial charge < -0.3 is 27.1 Å². The summed E-state index contributed by atoms with van der Waals surface area (Å²) in [6.07, 6.45) is 8.42. The summed E-state index contributed by atoms with van der Waals surface area (Å²) >= 11 is 0. The summed E-state index contributed by atoms with van der Waals surface area (Å²) in [6.45, 7) is 24.4. The van der Waals surface area contributed by atoms with Crippen LogP contribution in [0.15, 0.2) is 82.9 Å². The van der Waals surface area contributed by atoms with Crippen LogP contribution in [0.4, 0.5) is 0 Å². The first-order chi connectivity index (χ1) is 18.5. The lowest BCUT2D eigenvalue weighted by Gasteiger charge is -2.36. The summed E-state index contributed by atoms with van der Waals surface area (Å²) < 4.78 is 0. The molecule has 212 valence electrons. The lowest BCUT2D eigenvalue weighted by atomic mass is 9.76. The van der Waals surface area contributed by atoms with E-state index >= 15 is 0 Å².